The van der Waals surface area contributed by atoms with E-state index in [0.29, 0.717) is 50.3 Å². The minimum absolute atomic E-state index is 0.0145. The largest absolute Gasteiger partial charge is 0.491 e. The Bertz CT molecular complexity index is 810. The first-order valence-electron chi connectivity index (χ1n) is 11.3. The zero-order valence-corrected chi connectivity index (χ0v) is 18.7. The fourth-order valence-electron chi connectivity index (χ4n) is 4.42. The summed E-state index contributed by atoms with van der Waals surface area (Å²) in [6.07, 6.45) is 6.36. The summed E-state index contributed by atoms with van der Waals surface area (Å²) >= 11 is 0. The van der Waals surface area contributed by atoms with E-state index in [1.807, 2.05) is 23.1 Å². The van der Waals surface area contributed by atoms with Gasteiger partial charge in [0.05, 0.1) is 19.8 Å². The van der Waals surface area contributed by atoms with Gasteiger partial charge < -0.3 is 30.1 Å². The predicted octanol–water partition coefficient (Wildman–Crippen LogP) is 1.93. The molecule has 1 fully saturated rings. The smallest absolute Gasteiger partial charge is 0.223 e. The molecule has 0 saturated heterocycles. The molecular weight excluding hydrogens is 412 g/mol. The Morgan fingerprint density at radius 2 is 2.16 bits per heavy atom. The Labute approximate surface area is 189 Å². The van der Waals surface area contributed by atoms with Gasteiger partial charge in [-0.1, -0.05) is 31.4 Å². The molecule has 1 heterocycles. The summed E-state index contributed by atoms with van der Waals surface area (Å²) in [6.45, 7) is 1.13. The zero-order valence-electron chi connectivity index (χ0n) is 18.7. The summed E-state index contributed by atoms with van der Waals surface area (Å²) in [7, 11) is 1.44. The number of fused-ring (bicyclic) bond motifs is 1. The van der Waals surface area contributed by atoms with Gasteiger partial charge >= 0.3 is 0 Å². The summed E-state index contributed by atoms with van der Waals surface area (Å²) in [5.41, 5.74) is 7.57. The van der Waals surface area contributed by atoms with Crippen LogP contribution < -0.4 is 10.5 Å². The van der Waals surface area contributed by atoms with Crippen LogP contribution in [-0.2, 0) is 20.9 Å². The summed E-state index contributed by atoms with van der Waals surface area (Å²) < 4.78 is 11.1. The van der Waals surface area contributed by atoms with Gasteiger partial charge in [0.1, 0.15) is 11.4 Å². The van der Waals surface area contributed by atoms with Crippen LogP contribution in [0.15, 0.2) is 23.2 Å². The predicted molar refractivity (Wildman–Crippen MR) is 121 cm³/mol. The van der Waals surface area contributed by atoms with Crippen LogP contribution in [0.25, 0.3) is 0 Å². The van der Waals surface area contributed by atoms with Crippen molar-refractivity contribution in [1.29, 1.82) is 0 Å². The highest BCUT2D eigenvalue weighted by molar-refractivity contribution is 5.87. The number of methoxy groups -OCH3 is 1. The SMILES string of the molecule is COC(C=O)N1Cc2cccc(OCCCC(=O)N(CCO)C3CCCCC3)c2N=C1N. The van der Waals surface area contributed by atoms with Gasteiger partial charge in [-0.3, -0.25) is 9.59 Å². The second kappa shape index (κ2) is 11.8. The number of rotatable bonds is 11. The molecule has 2 aliphatic rings. The average molecular weight is 447 g/mol. The molecule has 0 radical (unpaired) electrons. The van der Waals surface area contributed by atoms with Crippen molar-refractivity contribution in [2.75, 3.05) is 26.9 Å². The molecule has 1 aromatic rings. The normalized spacial score (nSPS) is 17.3. The van der Waals surface area contributed by atoms with E-state index < -0.39 is 6.23 Å². The van der Waals surface area contributed by atoms with Gasteiger partial charge in [-0.25, -0.2) is 4.99 Å². The number of nitrogens with zero attached hydrogens (tertiary/aromatic N) is 3. The third kappa shape index (κ3) is 5.77. The molecule has 1 aliphatic carbocycles. The second-order valence-electron chi connectivity index (χ2n) is 8.18. The number of aliphatic hydroxyl groups is 1. The molecule has 176 valence electrons. The Hall–Kier alpha value is -2.65. The molecule has 1 unspecified atom stereocenters. The average Bonchev–Trinajstić information content (AvgIpc) is 2.82. The number of aliphatic hydroxyl groups excluding tert-OH is 1. The van der Waals surface area contributed by atoms with E-state index in [0.717, 1.165) is 31.2 Å². The lowest BCUT2D eigenvalue weighted by molar-refractivity contribution is -0.135. The summed E-state index contributed by atoms with van der Waals surface area (Å²) in [5.74, 6) is 0.855. The maximum atomic E-state index is 12.8. The lowest BCUT2D eigenvalue weighted by Gasteiger charge is -2.34. The summed E-state index contributed by atoms with van der Waals surface area (Å²) in [6, 6.07) is 5.83. The van der Waals surface area contributed by atoms with Crippen molar-refractivity contribution < 1.29 is 24.2 Å². The van der Waals surface area contributed by atoms with Crippen LogP contribution in [0.1, 0.15) is 50.5 Å². The number of nitrogens with two attached hydrogens (primary N) is 1. The molecule has 0 bridgehead atoms. The number of carbonyl (C=O) groups is 2. The van der Waals surface area contributed by atoms with Crippen LogP contribution >= 0.6 is 0 Å². The van der Waals surface area contributed by atoms with Crippen LogP contribution in [0.5, 0.6) is 5.75 Å². The number of benzene rings is 1. The molecule has 1 saturated carbocycles. The van der Waals surface area contributed by atoms with E-state index in [2.05, 4.69) is 4.99 Å². The molecule has 0 aromatic heterocycles. The van der Waals surface area contributed by atoms with Crippen molar-refractivity contribution in [2.45, 2.75) is 63.8 Å². The van der Waals surface area contributed by atoms with Crippen LogP contribution in [0.2, 0.25) is 0 Å². The number of hydrogen-bond donors (Lipinski definition) is 2. The Balaban J connectivity index is 1.56. The fraction of sp³-hybridized carbons (Fsp3) is 0.609. The number of para-hydroxylation sites is 1. The number of guanidine groups is 1. The first-order valence-corrected chi connectivity index (χ1v) is 11.3. The maximum Gasteiger partial charge on any atom is 0.223 e. The molecule has 3 N–H and O–H groups in total. The minimum Gasteiger partial charge on any atom is -0.491 e. The van der Waals surface area contributed by atoms with E-state index in [9.17, 15) is 14.7 Å². The molecule has 9 heteroatoms. The standard InChI is InChI=1S/C23H34N4O5/c1-31-21(16-29)27-15-17-7-5-10-19(22(17)25-23(27)24)32-14-6-11-20(30)26(12-13-28)18-8-3-2-4-9-18/h5,7,10,16,18,21,28H,2-4,6,8-9,11-15H2,1H3,(H2,24,25). The van der Waals surface area contributed by atoms with Gasteiger partial charge in [-0.15, -0.1) is 0 Å². The van der Waals surface area contributed by atoms with Gasteiger partial charge in [0.25, 0.3) is 0 Å². The summed E-state index contributed by atoms with van der Waals surface area (Å²) in [5, 5.41) is 9.38. The highest BCUT2D eigenvalue weighted by Crippen LogP contribution is 2.35. The molecular formula is C23H34N4O5. The molecule has 1 atom stereocenters. The lowest BCUT2D eigenvalue weighted by Crippen LogP contribution is -2.47. The second-order valence-corrected chi connectivity index (χ2v) is 8.18. The molecule has 0 spiro atoms. The van der Waals surface area contributed by atoms with E-state index in [-0.39, 0.29) is 24.5 Å². The third-order valence-electron chi connectivity index (χ3n) is 6.08. The van der Waals surface area contributed by atoms with Crippen molar-refractivity contribution in [3.05, 3.63) is 23.8 Å². The van der Waals surface area contributed by atoms with E-state index in [1.54, 1.807) is 4.90 Å². The third-order valence-corrected chi connectivity index (χ3v) is 6.08. The number of hydrogen-bond acceptors (Lipinski definition) is 8. The maximum absolute atomic E-state index is 12.8. The molecule has 9 nitrogen and oxygen atoms in total. The monoisotopic (exact) mass is 446 g/mol. The molecule has 3 rings (SSSR count). The number of ether oxygens (including phenoxy) is 2. The Kier molecular flexibility index (Phi) is 8.87. The summed E-state index contributed by atoms with van der Waals surface area (Å²) in [4.78, 5) is 31.8. The number of aliphatic imine (C=N–C) groups is 1. The molecule has 1 aromatic carbocycles. The lowest BCUT2D eigenvalue weighted by atomic mass is 9.94. The van der Waals surface area contributed by atoms with Gasteiger partial charge in [0, 0.05) is 31.7 Å². The van der Waals surface area contributed by atoms with Crippen molar-refractivity contribution in [3.63, 3.8) is 0 Å². The topological polar surface area (TPSA) is 118 Å². The van der Waals surface area contributed by atoms with E-state index >= 15 is 0 Å². The van der Waals surface area contributed by atoms with Crippen LogP contribution in [0, 0.1) is 0 Å². The van der Waals surface area contributed by atoms with Crippen molar-refractivity contribution in [2.24, 2.45) is 10.7 Å². The minimum atomic E-state index is -0.798. The number of aldehydes is 1. The van der Waals surface area contributed by atoms with Crippen molar-refractivity contribution >= 4 is 23.8 Å². The quantitative estimate of drug-likeness (QED) is 0.394. The first-order chi connectivity index (χ1) is 15.6. The Morgan fingerprint density at radius 1 is 1.38 bits per heavy atom. The van der Waals surface area contributed by atoms with Crippen molar-refractivity contribution in [3.8, 4) is 5.75 Å². The Morgan fingerprint density at radius 3 is 2.84 bits per heavy atom. The number of carbonyl (C=O) groups excluding carboxylic acids is 2. The molecule has 32 heavy (non-hydrogen) atoms. The first kappa shape index (κ1) is 24.0. The van der Waals surface area contributed by atoms with Crippen molar-refractivity contribution in [1.82, 2.24) is 9.80 Å². The van der Waals surface area contributed by atoms with Crippen LogP contribution in [0.4, 0.5) is 5.69 Å². The number of amides is 1. The fourth-order valence-corrected chi connectivity index (χ4v) is 4.42. The molecule has 1 amide bonds. The van der Waals surface area contributed by atoms with Gasteiger partial charge in [0.2, 0.25) is 5.91 Å². The molecule has 1 aliphatic heterocycles. The van der Waals surface area contributed by atoms with E-state index in [1.165, 1.54) is 13.5 Å². The van der Waals surface area contributed by atoms with Gasteiger partial charge in [0.15, 0.2) is 18.5 Å². The highest BCUT2D eigenvalue weighted by atomic mass is 16.5. The van der Waals surface area contributed by atoms with Gasteiger partial charge in [-0.05, 0) is 25.3 Å². The van der Waals surface area contributed by atoms with Crippen LogP contribution in [-0.4, -0.2) is 72.2 Å². The highest BCUT2D eigenvalue weighted by Gasteiger charge is 2.27. The van der Waals surface area contributed by atoms with Crippen LogP contribution in [0.3, 0.4) is 0 Å². The van der Waals surface area contributed by atoms with E-state index in [4.69, 9.17) is 15.2 Å². The van der Waals surface area contributed by atoms with Gasteiger partial charge in [-0.2, -0.15) is 0 Å². The zero-order chi connectivity index (χ0) is 22.9.